The minimum Gasteiger partial charge on any atom is -0.335 e. The summed E-state index contributed by atoms with van der Waals surface area (Å²) < 4.78 is 0. The Kier molecular flexibility index (Phi) is 5.92. The summed E-state index contributed by atoms with van der Waals surface area (Å²) >= 11 is 0. The zero-order valence-corrected chi connectivity index (χ0v) is 14.0. The lowest BCUT2D eigenvalue weighted by molar-refractivity contribution is 0.190. The summed E-state index contributed by atoms with van der Waals surface area (Å²) in [6.45, 7) is 4.74. The highest BCUT2D eigenvalue weighted by Crippen LogP contribution is 2.18. The molecule has 0 bridgehead atoms. The first-order valence-electron chi connectivity index (χ1n) is 9.13. The van der Waals surface area contributed by atoms with Gasteiger partial charge in [-0.15, -0.1) is 0 Å². The summed E-state index contributed by atoms with van der Waals surface area (Å²) in [6, 6.07) is 11.2. The lowest BCUT2D eigenvalue weighted by Gasteiger charge is -2.27. The van der Waals surface area contributed by atoms with Crippen molar-refractivity contribution in [3.63, 3.8) is 0 Å². The molecule has 2 amide bonds. The number of urea groups is 1. The van der Waals surface area contributed by atoms with Crippen molar-refractivity contribution in [2.75, 3.05) is 26.2 Å². The molecule has 1 N–H and O–H groups in total. The van der Waals surface area contributed by atoms with Crippen molar-refractivity contribution in [3.8, 4) is 0 Å². The molecule has 126 valence electrons. The number of carbonyl (C=O) groups is 1. The maximum Gasteiger partial charge on any atom is 0.317 e. The highest BCUT2D eigenvalue weighted by Gasteiger charge is 2.22. The van der Waals surface area contributed by atoms with Crippen LogP contribution in [0, 0.1) is 0 Å². The Morgan fingerprint density at radius 3 is 2.52 bits per heavy atom. The molecule has 0 radical (unpaired) electrons. The molecule has 1 aromatic carbocycles. The van der Waals surface area contributed by atoms with Gasteiger partial charge < -0.3 is 10.2 Å². The van der Waals surface area contributed by atoms with Gasteiger partial charge in [0.15, 0.2) is 0 Å². The van der Waals surface area contributed by atoms with E-state index in [1.165, 1.54) is 24.8 Å². The quantitative estimate of drug-likeness (QED) is 0.929. The summed E-state index contributed by atoms with van der Waals surface area (Å²) in [5.74, 6) is 0. The average Bonchev–Trinajstić information content (AvgIpc) is 2.82. The van der Waals surface area contributed by atoms with Gasteiger partial charge in [0.05, 0.1) is 0 Å². The van der Waals surface area contributed by atoms with Crippen molar-refractivity contribution in [2.45, 2.75) is 51.1 Å². The Labute approximate surface area is 139 Å². The molecule has 0 spiro atoms. The molecule has 1 heterocycles. The molecule has 1 aliphatic carbocycles. The van der Waals surface area contributed by atoms with Crippen LogP contribution in [-0.2, 0) is 6.54 Å². The zero-order chi connectivity index (χ0) is 15.9. The smallest absolute Gasteiger partial charge is 0.317 e. The Balaban J connectivity index is 1.46. The number of hydrogen-bond donors (Lipinski definition) is 1. The van der Waals surface area contributed by atoms with E-state index in [9.17, 15) is 4.79 Å². The minimum absolute atomic E-state index is 0.151. The van der Waals surface area contributed by atoms with E-state index < -0.39 is 0 Å². The Hall–Kier alpha value is -1.55. The lowest BCUT2D eigenvalue weighted by atomic mass is 9.96. The van der Waals surface area contributed by atoms with Crippen LogP contribution >= 0.6 is 0 Å². The molecule has 0 aromatic heterocycles. The molecule has 1 saturated carbocycles. The number of amides is 2. The maximum atomic E-state index is 12.5. The van der Waals surface area contributed by atoms with Gasteiger partial charge in [0, 0.05) is 38.8 Å². The number of nitrogens with zero attached hydrogens (tertiary/aromatic N) is 2. The van der Waals surface area contributed by atoms with Gasteiger partial charge in [-0.2, -0.15) is 0 Å². The van der Waals surface area contributed by atoms with Gasteiger partial charge in [-0.1, -0.05) is 49.6 Å². The molecule has 2 aliphatic rings. The number of rotatable bonds is 3. The maximum absolute atomic E-state index is 12.5. The van der Waals surface area contributed by atoms with Crippen molar-refractivity contribution >= 4 is 6.03 Å². The second-order valence-electron chi connectivity index (χ2n) is 6.89. The number of carbonyl (C=O) groups excluding carboxylic acids is 1. The van der Waals surface area contributed by atoms with E-state index in [0.29, 0.717) is 6.04 Å². The Bertz CT molecular complexity index is 485. The fourth-order valence-electron chi connectivity index (χ4n) is 3.69. The van der Waals surface area contributed by atoms with Crippen molar-refractivity contribution < 1.29 is 4.79 Å². The first-order valence-corrected chi connectivity index (χ1v) is 9.13. The fourth-order valence-corrected chi connectivity index (χ4v) is 3.69. The fraction of sp³-hybridized carbons (Fsp3) is 0.632. The zero-order valence-electron chi connectivity index (χ0n) is 14.0. The van der Waals surface area contributed by atoms with Crippen LogP contribution in [0.3, 0.4) is 0 Å². The van der Waals surface area contributed by atoms with E-state index in [2.05, 4.69) is 40.5 Å². The van der Waals surface area contributed by atoms with Crippen LogP contribution in [0.15, 0.2) is 30.3 Å². The van der Waals surface area contributed by atoms with Crippen LogP contribution in [0.1, 0.15) is 44.1 Å². The average molecular weight is 315 g/mol. The third kappa shape index (κ3) is 4.96. The summed E-state index contributed by atoms with van der Waals surface area (Å²) in [6.07, 6.45) is 7.21. The minimum atomic E-state index is 0.151. The van der Waals surface area contributed by atoms with Crippen LogP contribution in [0.2, 0.25) is 0 Å². The normalized spacial score (nSPS) is 21.0. The highest BCUT2D eigenvalue weighted by atomic mass is 16.2. The highest BCUT2D eigenvalue weighted by molar-refractivity contribution is 5.74. The van der Waals surface area contributed by atoms with Crippen molar-refractivity contribution in [1.29, 1.82) is 0 Å². The topological polar surface area (TPSA) is 35.6 Å². The van der Waals surface area contributed by atoms with Gasteiger partial charge >= 0.3 is 6.03 Å². The molecule has 4 heteroatoms. The van der Waals surface area contributed by atoms with Crippen molar-refractivity contribution in [2.24, 2.45) is 0 Å². The van der Waals surface area contributed by atoms with Crippen LogP contribution in [0.5, 0.6) is 0 Å². The Morgan fingerprint density at radius 2 is 1.74 bits per heavy atom. The standard InChI is InChI=1S/C19H29N3O/c23-19(20-18-10-5-2-6-11-18)22-13-7-12-21(14-15-22)16-17-8-3-1-4-9-17/h1,3-4,8-9,18H,2,5-7,10-16H2,(H,20,23). The third-order valence-electron chi connectivity index (χ3n) is 5.06. The molecule has 0 unspecified atom stereocenters. The Morgan fingerprint density at radius 1 is 0.957 bits per heavy atom. The lowest BCUT2D eigenvalue weighted by Crippen LogP contribution is -2.46. The summed E-state index contributed by atoms with van der Waals surface area (Å²) in [5, 5.41) is 3.25. The van der Waals surface area contributed by atoms with Crippen LogP contribution in [0.25, 0.3) is 0 Å². The van der Waals surface area contributed by atoms with Crippen LogP contribution in [-0.4, -0.2) is 48.1 Å². The second-order valence-corrected chi connectivity index (χ2v) is 6.89. The van der Waals surface area contributed by atoms with Gasteiger partial charge in [-0.05, 0) is 24.8 Å². The van der Waals surface area contributed by atoms with E-state index in [-0.39, 0.29) is 6.03 Å². The first kappa shape index (κ1) is 16.3. The van der Waals surface area contributed by atoms with E-state index in [1.807, 2.05) is 4.90 Å². The third-order valence-corrected chi connectivity index (χ3v) is 5.06. The predicted molar refractivity (Wildman–Crippen MR) is 93.3 cm³/mol. The van der Waals surface area contributed by atoms with Crippen LogP contribution in [0.4, 0.5) is 4.79 Å². The molecule has 0 atom stereocenters. The molecule has 1 saturated heterocycles. The van der Waals surface area contributed by atoms with Crippen LogP contribution < -0.4 is 5.32 Å². The first-order chi connectivity index (χ1) is 11.3. The van der Waals surface area contributed by atoms with Crippen molar-refractivity contribution in [1.82, 2.24) is 15.1 Å². The molecule has 1 aromatic rings. The summed E-state index contributed by atoms with van der Waals surface area (Å²) in [7, 11) is 0. The molecule has 1 aliphatic heterocycles. The van der Waals surface area contributed by atoms with Crippen molar-refractivity contribution in [3.05, 3.63) is 35.9 Å². The largest absolute Gasteiger partial charge is 0.335 e. The number of hydrogen-bond acceptors (Lipinski definition) is 2. The van der Waals surface area contributed by atoms with E-state index in [4.69, 9.17) is 0 Å². The monoisotopic (exact) mass is 315 g/mol. The van der Waals surface area contributed by atoms with E-state index in [1.54, 1.807) is 0 Å². The van der Waals surface area contributed by atoms with E-state index >= 15 is 0 Å². The second kappa shape index (κ2) is 8.34. The number of nitrogens with one attached hydrogen (secondary N) is 1. The summed E-state index contributed by atoms with van der Waals surface area (Å²) in [5.41, 5.74) is 1.35. The van der Waals surface area contributed by atoms with Gasteiger partial charge in [0.1, 0.15) is 0 Å². The molecule has 4 nitrogen and oxygen atoms in total. The van der Waals surface area contributed by atoms with Gasteiger partial charge in [-0.25, -0.2) is 4.79 Å². The van der Waals surface area contributed by atoms with E-state index in [0.717, 1.165) is 52.0 Å². The molecule has 23 heavy (non-hydrogen) atoms. The van der Waals surface area contributed by atoms with Gasteiger partial charge in [0.2, 0.25) is 0 Å². The molecule has 3 rings (SSSR count). The summed E-state index contributed by atoms with van der Waals surface area (Å²) in [4.78, 5) is 17.0. The van der Waals surface area contributed by atoms with Gasteiger partial charge in [0.25, 0.3) is 0 Å². The van der Waals surface area contributed by atoms with Gasteiger partial charge in [-0.3, -0.25) is 4.90 Å². The molecular weight excluding hydrogens is 286 g/mol. The molecule has 2 fully saturated rings. The predicted octanol–water partition coefficient (Wildman–Crippen LogP) is 3.24. The SMILES string of the molecule is O=C(NC1CCCCC1)N1CCCN(Cc2ccccc2)CC1. The number of benzene rings is 1. The molecular formula is C19H29N3O.